The van der Waals surface area contributed by atoms with E-state index in [4.69, 9.17) is 0 Å². The molecule has 0 bridgehead atoms. The number of likely N-dealkylation sites (N-methyl/N-ethyl adjacent to an activating group) is 1. The van der Waals surface area contributed by atoms with Gasteiger partial charge in [-0.15, -0.1) is 0 Å². The van der Waals surface area contributed by atoms with Gasteiger partial charge >= 0.3 is 0 Å². The zero-order chi connectivity index (χ0) is 19.2. The molecule has 0 aliphatic heterocycles. The summed E-state index contributed by atoms with van der Waals surface area (Å²) in [4.78, 5) is 20.3. The third-order valence-corrected chi connectivity index (χ3v) is 4.57. The highest BCUT2D eigenvalue weighted by Crippen LogP contribution is 2.25. The van der Waals surface area contributed by atoms with Crippen LogP contribution in [0.4, 0.5) is 17.5 Å². The SMILES string of the molecule is CCN(CC)CCNc1nc(Nc2ccc(C)cc2C)c2nccnc2n1. The quantitative estimate of drug-likeness (QED) is 0.632. The molecule has 3 aromatic rings. The third kappa shape index (κ3) is 4.68. The van der Waals surface area contributed by atoms with E-state index in [1.807, 2.05) is 0 Å². The predicted molar refractivity (Wildman–Crippen MR) is 111 cm³/mol. The van der Waals surface area contributed by atoms with Crippen molar-refractivity contribution < 1.29 is 0 Å². The Hall–Kier alpha value is -2.80. The maximum atomic E-state index is 4.65. The van der Waals surface area contributed by atoms with Crippen molar-refractivity contribution in [2.45, 2.75) is 27.7 Å². The maximum Gasteiger partial charge on any atom is 0.226 e. The Kier molecular flexibility index (Phi) is 6.13. The van der Waals surface area contributed by atoms with Crippen LogP contribution in [0.1, 0.15) is 25.0 Å². The molecule has 27 heavy (non-hydrogen) atoms. The van der Waals surface area contributed by atoms with E-state index in [0.717, 1.165) is 37.4 Å². The summed E-state index contributed by atoms with van der Waals surface area (Å²) in [6.07, 6.45) is 3.31. The van der Waals surface area contributed by atoms with Crippen molar-refractivity contribution in [2.75, 3.05) is 36.8 Å². The second kappa shape index (κ2) is 8.73. The lowest BCUT2D eigenvalue weighted by molar-refractivity contribution is 0.316. The van der Waals surface area contributed by atoms with Gasteiger partial charge in [-0.2, -0.15) is 9.97 Å². The molecule has 0 aliphatic carbocycles. The van der Waals surface area contributed by atoms with Crippen molar-refractivity contribution >= 4 is 28.6 Å². The van der Waals surface area contributed by atoms with Gasteiger partial charge in [-0.25, -0.2) is 9.97 Å². The van der Waals surface area contributed by atoms with Crippen molar-refractivity contribution in [3.05, 3.63) is 41.7 Å². The van der Waals surface area contributed by atoms with Crippen molar-refractivity contribution in [3.63, 3.8) is 0 Å². The lowest BCUT2D eigenvalue weighted by atomic mass is 10.1. The average molecular weight is 365 g/mol. The smallest absolute Gasteiger partial charge is 0.226 e. The van der Waals surface area contributed by atoms with Gasteiger partial charge in [0, 0.05) is 31.2 Å². The first-order valence-corrected chi connectivity index (χ1v) is 9.40. The minimum absolute atomic E-state index is 0.558. The second-order valence-corrected chi connectivity index (χ2v) is 6.52. The van der Waals surface area contributed by atoms with Crippen LogP contribution in [-0.4, -0.2) is 51.0 Å². The first-order chi connectivity index (χ1) is 13.1. The van der Waals surface area contributed by atoms with Crippen LogP contribution in [0.25, 0.3) is 11.2 Å². The number of rotatable bonds is 8. The van der Waals surface area contributed by atoms with Gasteiger partial charge in [0.05, 0.1) is 0 Å². The number of hydrogen-bond acceptors (Lipinski definition) is 7. The van der Waals surface area contributed by atoms with E-state index < -0.39 is 0 Å². The van der Waals surface area contributed by atoms with E-state index in [1.54, 1.807) is 12.4 Å². The highest BCUT2D eigenvalue weighted by Gasteiger charge is 2.11. The summed E-state index contributed by atoms with van der Waals surface area (Å²) in [7, 11) is 0. The summed E-state index contributed by atoms with van der Waals surface area (Å²) in [5.41, 5.74) is 4.61. The molecule has 0 spiro atoms. The van der Waals surface area contributed by atoms with Crippen LogP contribution in [0.5, 0.6) is 0 Å². The molecule has 0 fully saturated rings. The maximum absolute atomic E-state index is 4.65. The van der Waals surface area contributed by atoms with E-state index in [0.29, 0.717) is 22.9 Å². The Labute approximate surface area is 160 Å². The number of benzene rings is 1. The second-order valence-electron chi connectivity index (χ2n) is 6.52. The van der Waals surface area contributed by atoms with Gasteiger partial charge in [0.15, 0.2) is 17.0 Å². The van der Waals surface area contributed by atoms with Crippen molar-refractivity contribution in [1.82, 2.24) is 24.8 Å². The number of fused-ring (bicyclic) bond motifs is 1. The summed E-state index contributed by atoms with van der Waals surface area (Å²) in [5, 5.41) is 6.71. The fourth-order valence-corrected chi connectivity index (χ4v) is 2.98. The predicted octanol–water partition coefficient (Wildman–Crippen LogP) is 3.53. The van der Waals surface area contributed by atoms with Crippen LogP contribution in [-0.2, 0) is 0 Å². The monoisotopic (exact) mass is 365 g/mol. The fourth-order valence-electron chi connectivity index (χ4n) is 2.98. The van der Waals surface area contributed by atoms with Crippen LogP contribution in [0.15, 0.2) is 30.6 Å². The number of aryl methyl sites for hydroxylation is 2. The van der Waals surface area contributed by atoms with E-state index in [2.05, 4.69) is 81.4 Å². The lowest BCUT2D eigenvalue weighted by Crippen LogP contribution is -2.29. The van der Waals surface area contributed by atoms with Gasteiger partial charge in [-0.1, -0.05) is 31.5 Å². The lowest BCUT2D eigenvalue weighted by Gasteiger charge is -2.18. The van der Waals surface area contributed by atoms with E-state index in [9.17, 15) is 0 Å². The summed E-state index contributed by atoms with van der Waals surface area (Å²) in [6, 6.07) is 6.27. The van der Waals surface area contributed by atoms with Crippen LogP contribution < -0.4 is 10.6 Å². The molecule has 1 aromatic carbocycles. The summed E-state index contributed by atoms with van der Waals surface area (Å²) in [5.74, 6) is 1.22. The molecule has 0 saturated heterocycles. The first-order valence-electron chi connectivity index (χ1n) is 9.40. The van der Waals surface area contributed by atoms with Crippen LogP contribution >= 0.6 is 0 Å². The van der Waals surface area contributed by atoms with Crippen LogP contribution in [0.3, 0.4) is 0 Å². The zero-order valence-corrected chi connectivity index (χ0v) is 16.5. The molecular formula is C20H27N7. The van der Waals surface area contributed by atoms with Gasteiger partial charge in [0.1, 0.15) is 0 Å². The molecule has 3 rings (SSSR count). The Morgan fingerprint density at radius 2 is 1.78 bits per heavy atom. The molecule has 2 heterocycles. The molecular weight excluding hydrogens is 338 g/mol. The Bertz CT molecular complexity index is 906. The number of hydrogen-bond donors (Lipinski definition) is 2. The van der Waals surface area contributed by atoms with E-state index in [-0.39, 0.29) is 0 Å². The number of nitrogens with one attached hydrogen (secondary N) is 2. The van der Waals surface area contributed by atoms with Crippen molar-refractivity contribution in [1.29, 1.82) is 0 Å². The Morgan fingerprint density at radius 3 is 2.52 bits per heavy atom. The molecule has 0 aliphatic rings. The third-order valence-electron chi connectivity index (χ3n) is 4.57. The Morgan fingerprint density at radius 1 is 1.00 bits per heavy atom. The number of anilines is 3. The fraction of sp³-hybridized carbons (Fsp3) is 0.400. The molecule has 0 atom stereocenters. The van der Waals surface area contributed by atoms with Gasteiger partial charge in [0.25, 0.3) is 0 Å². The average Bonchev–Trinajstić information content (AvgIpc) is 2.67. The summed E-state index contributed by atoms with van der Waals surface area (Å²) in [6.45, 7) is 12.3. The molecule has 0 unspecified atom stereocenters. The van der Waals surface area contributed by atoms with Gasteiger partial charge in [-0.05, 0) is 38.6 Å². The molecule has 0 saturated carbocycles. The Balaban J connectivity index is 1.86. The molecule has 2 aromatic heterocycles. The van der Waals surface area contributed by atoms with Crippen molar-refractivity contribution in [3.8, 4) is 0 Å². The van der Waals surface area contributed by atoms with E-state index >= 15 is 0 Å². The molecule has 2 N–H and O–H groups in total. The minimum atomic E-state index is 0.558. The highest BCUT2D eigenvalue weighted by molar-refractivity contribution is 5.86. The minimum Gasteiger partial charge on any atom is -0.353 e. The molecule has 0 radical (unpaired) electrons. The highest BCUT2D eigenvalue weighted by atomic mass is 15.2. The molecule has 7 nitrogen and oxygen atoms in total. The largest absolute Gasteiger partial charge is 0.353 e. The summed E-state index contributed by atoms with van der Waals surface area (Å²) < 4.78 is 0. The topological polar surface area (TPSA) is 78.9 Å². The van der Waals surface area contributed by atoms with Crippen LogP contribution in [0, 0.1) is 13.8 Å². The molecule has 7 heteroatoms. The standard InChI is InChI=1S/C20H27N7/c1-5-27(6-2)12-11-23-20-25-18-17(21-9-10-22-18)19(26-20)24-16-8-7-14(3)13-15(16)4/h7-10,13H,5-6,11-12H2,1-4H3,(H2,22,23,24,25,26). The number of nitrogens with zero attached hydrogens (tertiary/aromatic N) is 5. The zero-order valence-electron chi connectivity index (χ0n) is 16.5. The normalized spacial score (nSPS) is 11.1. The number of aromatic nitrogens is 4. The van der Waals surface area contributed by atoms with E-state index in [1.165, 1.54) is 5.56 Å². The summed E-state index contributed by atoms with van der Waals surface area (Å²) >= 11 is 0. The molecule has 142 valence electrons. The van der Waals surface area contributed by atoms with Gasteiger partial charge < -0.3 is 15.5 Å². The van der Waals surface area contributed by atoms with Gasteiger partial charge in [-0.3, -0.25) is 0 Å². The first kappa shape index (κ1) is 19.0. The van der Waals surface area contributed by atoms with Crippen molar-refractivity contribution in [2.24, 2.45) is 0 Å². The van der Waals surface area contributed by atoms with Gasteiger partial charge in [0.2, 0.25) is 5.95 Å². The van der Waals surface area contributed by atoms with Crippen LogP contribution in [0.2, 0.25) is 0 Å². The molecule has 0 amide bonds.